The lowest BCUT2D eigenvalue weighted by Gasteiger charge is -2.39. The van der Waals surface area contributed by atoms with E-state index in [-0.39, 0.29) is 36.4 Å². The van der Waals surface area contributed by atoms with Crippen LogP contribution in [0.4, 0.5) is 0 Å². The van der Waals surface area contributed by atoms with Crippen LogP contribution in [0.25, 0.3) is 0 Å². The number of amides is 1. The lowest BCUT2D eigenvalue weighted by Crippen LogP contribution is -2.53. The van der Waals surface area contributed by atoms with Crippen LogP contribution < -0.4 is 10.6 Å². The predicted octanol–water partition coefficient (Wildman–Crippen LogP) is 2.31. The van der Waals surface area contributed by atoms with Crippen molar-refractivity contribution in [1.29, 1.82) is 0 Å². The topological polar surface area (TPSA) is 69.2 Å². The lowest BCUT2D eigenvalue weighted by molar-refractivity contribution is -0.130. The molecule has 1 amide bonds. The molecule has 7 nitrogen and oxygen atoms in total. The number of hydrogen-bond acceptors (Lipinski definition) is 4. The van der Waals surface area contributed by atoms with Crippen molar-refractivity contribution >= 4 is 35.8 Å². The Balaban J connectivity index is 0.00000420. The Morgan fingerprint density at radius 2 is 1.66 bits per heavy atom. The molecule has 29 heavy (non-hydrogen) atoms. The summed E-state index contributed by atoms with van der Waals surface area (Å²) in [6.07, 6.45) is 5.80. The molecule has 1 unspecified atom stereocenters. The highest BCUT2D eigenvalue weighted by molar-refractivity contribution is 14.0. The molecule has 2 heterocycles. The summed E-state index contributed by atoms with van der Waals surface area (Å²) >= 11 is 0. The fourth-order valence-corrected chi connectivity index (χ4v) is 4.27. The van der Waals surface area contributed by atoms with Gasteiger partial charge in [-0.1, -0.05) is 26.7 Å². The van der Waals surface area contributed by atoms with Gasteiger partial charge in [0.1, 0.15) is 6.54 Å². The average molecular weight is 524 g/mol. The van der Waals surface area contributed by atoms with Gasteiger partial charge in [-0.25, -0.2) is 4.99 Å². The van der Waals surface area contributed by atoms with Crippen molar-refractivity contribution in [3.8, 4) is 0 Å². The second-order valence-corrected chi connectivity index (χ2v) is 7.81. The Hall–Kier alpha value is -0.610. The molecule has 2 rings (SSSR count). The van der Waals surface area contributed by atoms with Crippen LogP contribution in [0.3, 0.4) is 0 Å². The summed E-state index contributed by atoms with van der Waals surface area (Å²) in [5.74, 6) is 1.53. The van der Waals surface area contributed by atoms with Gasteiger partial charge >= 0.3 is 0 Å². The zero-order valence-electron chi connectivity index (χ0n) is 18.6. The number of hydrogen-bond donors (Lipinski definition) is 2. The number of rotatable bonds is 9. The van der Waals surface area contributed by atoms with Gasteiger partial charge in [-0.3, -0.25) is 9.69 Å². The highest BCUT2D eigenvalue weighted by Gasteiger charge is 2.27. The van der Waals surface area contributed by atoms with Crippen molar-refractivity contribution in [3.05, 3.63) is 0 Å². The molecule has 2 aliphatic rings. The molecule has 2 N–H and O–H groups in total. The minimum atomic E-state index is 0. The third-order valence-electron chi connectivity index (χ3n) is 6.01. The van der Waals surface area contributed by atoms with E-state index < -0.39 is 0 Å². The fourth-order valence-electron chi connectivity index (χ4n) is 4.27. The van der Waals surface area contributed by atoms with Gasteiger partial charge < -0.3 is 20.3 Å². The summed E-state index contributed by atoms with van der Waals surface area (Å²) in [5.41, 5.74) is 0. The Morgan fingerprint density at radius 1 is 1.00 bits per heavy atom. The van der Waals surface area contributed by atoms with Gasteiger partial charge in [0.25, 0.3) is 0 Å². The van der Waals surface area contributed by atoms with Crippen LogP contribution in [0.15, 0.2) is 4.99 Å². The molecule has 0 aromatic heterocycles. The lowest BCUT2D eigenvalue weighted by atomic mass is 9.92. The normalized spacial score (nSPS) is 19.6. The molecule has 0 saturated carbocycles. The number of piperidine rings is 1. The molecule has 0 spiro atoms. The van der Waals surface area contributed by atoms with Gasteiger partial charge in [0.05, 0.1) is 13.2 Å². The van der Waals surface area contributed by atoms with Crippen molar-refractivity contribution < 1.29 is 9.53 Å². The van der Waals surface area contributed by atoms with Crippen LogP contribution in [0.5, 0.6) is 0 Å². The van der Waals surface area contributed by atoms with E-state index in [1.165, 1.54) is 19.3 Å². The SMILES string of the molecule is CCNC(=NCC(=O)N1CCCCC1)NCC(C(CC)CC)N1CCOCC1.I. The Bertz CT molecular complexity index is 476. The van der Waals surface area contributed by atoms with Crippen molar-refractivity contribution in [2.45, 2.75) is 58.9 Å². The van der Waals surface area contributed by atoms with E-state index in [0.29, 0.717) is 12.0 Å². The number of guanidine groups is 1. The third kappa shape index (κ3) is 8.96. The Kier molecular flexibility index (Phi) is 13.9. The first-order chi connectivity index (χ1) is 13.7. The Morgan fingerprint density at radius 3 is 2.24 bits per heavy atom. The Labute approximate surface area is 194 Å². The van der Waals surface area contributed by atoms with E-state index in [4.69, 9.17) is 4.74 Å². The number of nitrogens with zero attached hydrogens (tertiary/aromatic N) is 3. The minimum Gasteiger partial charge on any atom is -0.379 e. The molecule has 2 fully saturated rings. The zero-order valence-corrected chi connectivity index (χ0v) is 21.0. The van der Waals surface area contributed by atoms with E-state index in [1.807, 2.05) is 4.90 Å². The minimum absolute atomic E-state index is 0. The maximum atomic E-state index is 12.4. The van der Waals surface area contributed by atoms with E-state index in [9.17, 15) is 4.79 Å². The van der Waals surface area contributed by atoms with Crippen LogP contribution in [0.1, 0.15) is 52.9 Å². The van der Waals surface area contributed by atoms with Gasteiger partial charge in [0, 0.05) is 45.3 Å². The first kappa shape index (κ1) is 26.4. The van der Waals surface area contributed by atoms with E-state index in [0.717, 1.165) is 71.3 Å². The third-order valence-corrected chi connectivity index (χ3v) is 6.01. The number of nitrogens with one attached hydrogen (secondary N) is 2. The van der Waals surface area contributed by atoms with Gasteiger partial charge in [-0.05, 0) is 32.1 Å². The van der Waals surface area contributed by atoms with Crippen molar-refractivity contribution in [2.75, 3.05) is 59.0 Å². The second kappa shape index (κ2) is 15.2. The summed E-state index contributed by atoms with van der Waals surface area (Å²) in [6, 6.07) is 0.459. The fraction of sp³-hybridized carbons (Fsp3) is 0.905. The van der Waals surface area contributed by atoms with Gasteiger partial charge in [-0.15, -0.1) is 24.0 Å². The van der Waals surface area contributed by atoms with Crippen LogP contribution in [-0.2, 0) is 9.53 Å². The molecule has 2 aliphatic heterocycles. The molecule has 0 aromatic carbocycles. The van der Waals surface area contributed by atoms with Crippen LogP contribution in [0.2, 0.25) is 0 Å². The summed E-state index contributed by atoms with van der Waals surface area (Å²) in [7, 11) is 0. The van der Waals surface area contributed by atoms with Crippen molar-refractivity contribution in [2.24, 2.45) is 10.9 Å². The van der Waals surface area contributed by atoms with Crippen LogP contribution in [0, 0.1) is 5.92 Å². The van der Waals surface area contributed by atoms with Crippen LogP contribution >= 0.6 is 24.0 Å². The number of ether oxygens (including phenoxy) is 1. The molecule has 170 valence electrons. The standard InChI is InChI=1S/C21H41N5O2.HI/c1-4-18(5-2)19(25-12-14-28-15-13-25)16-23-21(22-6-3)24-17-20(27)26-10-8-7-9-11-26;/h18-19H,4-17H2,1-3H3,(H2,22,23,24);1H. The first-order valence-corrected chi connectivity index (χ1v) is 11.3. The number of halogens is 1. The number of carbonyl (C=O) groups is 1. The number of carbonyl (C=O) groups excluding carboxylic acids is 1. The molecule has 0 bridgehead atoms. The van der Waals surface area contributed by atoms with E-state index in [1.54, 1.807) is 0 Å². The highest BCUT2D eigenvalue weighted by atomic mass is 127. The molecule has 1 atom stereocenters. The smallest absolute Gasteiger partial charge is 0.244 e. The average Bonchev–Trinajstić information content (AvgIpc) is 2.75. The molecule has 0 aromatic rings. The summed E-state index contributed by atoms with van der Waals surface area (Å²) in [4.78, 5) is 21.5. The quantitative estimate of drug-likeness (QED) is 0.276. The van der Waals surface area contributed by atoms with E-state index >= 15 is 0 Å². The number of aliphatic imine (C=N–C) groups is 1. The summed E-state index contributed by atoms with van der Waals surface area (Å²) in [5, 5.41) is 6.81. The van der Waals surface area contributed by atoms with Crippen LogP contribution in [-0.4, -0.2) is 86.7 Å². The molecule has 8 heteroatoms. The molecule has 2 saturated heterocycles. The number of likely N-dealkylation sites (tertiary alicyclic amines) is 1. The van der Waals surface area contributed by atoms with Gasteiger partial charge in [0.15, 0.2) is 5.96 Å². The molecule has 0 aliphatic carbocycles. The molecule has 0 radical (unpaired) electrons. The second-order valence-electron chi connectivity index (χ2n) is 7.81. The largest absolute Gasteiger partial charge is 0.379 e. The monoisotopic (exact) mass is 523 g/mol. The molecular weight excluding hydrogens is 481 g/mol. The maximum absolute atomic E-state index is 12.4. The summed E-state index contributed by atoms with van der Waals surface area (Å²) in [6.45, 7) is 13.8. The first-order valence-electron chi connectivity index (χ1n) is 11.3. The maximum Gasteiger partial charge on any atom is 0.244 e. The van der Waals surface area contributed by atoms with Gasteiger partial charge in [0.2, 0.25) is 5.91 Å². The predicted molar refractivity (Wildman–Crippen MR) is 130 cm³/mol. The molecular formula is C21H42IN5O2. The van der Waals surface area contributed by atoms with Crippen molar-refractivity contribution in [1.82, 2.24) is 20.4 Å². The summed E-state index contributed by atoms with van der Waals surface area (Å²) < 4.78 is 5.54. The highest BCUT2D eigenvalue weighted by Crippen LogP contribution is 2.19. The van der Waals surface area contributed by atoms with Gasteiger partial charge in [-0.2, -0.15) is 0 Å². The zero-order chi connectivity index (χ0) is 20.2. The number of morpholine rings is 1. The van der Waals surface area contributed by atoms with E-state index in [2.05, 4.69) is 41.3 Å². The van der Waals surface area contributed by atoms with Crippen molar-refractivity contribution in [3.63, 3.8) is 0 Å².